The standard InChI is InChI=1S/C11H12O/c1-2-6-10-9(4-1)5-3-7-11(10)8-12-11/h1-2,4,6H,3,5,7-8H2. The Kier molecular flexibility index (Phi) is 1.17. The van der Waals surface area contributed by atoms with E-state index in [4.69, 9.17) is 4.74 Å². The number of ether oxygens (including phenoxy) is 1. The maximum absolute atomic E-state index is 5.56. The summed E-state index contributed by atoms with van der Waals surface area (Å²) in [6.45, 7) is 0.948. The van der Waals surface area contributed by atoms with Gasteiger partial charge in [-0.3, -0.25) is 0 Å². The summed E-state index contributed by atoms with van der Waals surface area (Å²) >= 11 is 0. The van der Waals surface area contributed by atoms with Crippen LogP contribution >= 0.6 is 0 Å². The summed E-state index contributed by atoms with van der Waals surface area (Å²) in [5.41, 5.74) is 3.12. The Balaban J connectivity index is 2.16. The van der Waals surface area contributed by atoms with Crippen molar-refractivity contribution in [3.8, 4) is 0 Å². The van der Waals surface area contributed by atoms with Crippen molar-refractivity contribution in [2.24, 2.45) is 0 Å². The van der Waals surface area contributed by atoms with E-state index < -0.39 is 0 Å². The maximum atomic E-state index is 5.56. The van der Waals surface area contributed by atoms with E-state index in [0.717, 1.165) is 6.61 Å². The highest BCUT2D eigenvalue weighted by atomic mass is 16.6. The van der Waals surface area contributed by atoms with E-state index in [0.29, 0.717) is 0 Å². The van der Waals surface area contributed by atoms with Gasteiger partial charge in [-0.05, 0) is 30.4 Å². The van der Waals surface area contributed by atoms with Gasteiger partial charge in [0.25, 0.3) is 0 Å². The summed E-state index contributed by atoms with van der Waals surface area (Å²) in [5, 5.41) is 0. The molecule has 12 heavy (non-hydrogen) atoms. The Labute approximate surface area is 72.4 Å². The van der Waals surface area contributed by atoms with Crippen LogP contribution in [0.1, 0.15) is 24.0 Å². The van der Waals surface area contributed by atoms with Gasteiger partial charge in [-0.2, -0.15) is 0 Å². The largest absolute Gasteiger partial charge is 0.364 e. The van der Waals surface area contributed by atoms with Crippen molar-refractivity contribution >= 4 is 0 Å². The number of benzene rings is 1. The monoisotopic (exact) mass is 160 g/mol. The topological polar surface area (TPSA) is 12.5 Å². The lowest BCUT2D eigenvalue weighted by atomic mass is 9.83. The Hall–Kier alpha value is -0.820. The summed E-state index contributed by atoms with van der Waals surface area (Å²) in [5.74, 6) is 0. The molecule has 1 heterocycles. The van der Waals surface area contributed by atoms with Gasteiger partial charge in [0.2, 0.25) is 0 Å². The number of fused-ring (bicyclic) bond motifs is 2. The Morgan fingerprint density at radius 2 is 2.08 bits per heavy atom. The van der Waals surface area contributed by atoms with E-state index in [1.807, 2.05) is 0 Å². The fourth-order valence-electron chi connectivity index (χ4n) is 2.27. The highest BCUT2D eigenvalue weighted by Gasteiger charge is 2.48. The normalized spacial score (nSPS) is 31.7. The van der Waals surface area contributed by atoms with Crippen molar-refractivity contribution in [3.05, 3.63) is 35.4 Å². The maximum Gasteiger partial charge on any atom is 0.117 e. The van der Waals surface area contributed by atoms with Crippen LogP contribution < -0.4 is 0 Å². The Morgan fingerprint density at radius 3 is 2.92 bits per heavy atom. The van der Waals surface area contributed by atoms with Crippen molar-refractivity contribution in [3.63, 3.8) is 0 Å². The molecule has 1 aliphatic carbocycles. The molecule has 1 aromatic carbocycles. The van der Waals surface area contributed by atoms with E-state index in [1.165, 1.54) is 30.4 Å². The molecule has 0 N–H and O–H groups in total. The number of epoxide rings is 1. The van der Waals surface area contributed by atoms with Gasteiger partial charge in [-0.15, -0.1) is 0 Å². The van der Waals surface area contributed by atoms with E-state index in [9.17, 15) is 0 Å². The van der Waals surface area contributed by atoms with Crippen LogP contribution in [0.3, 0.4) is 0 Å². The fraction of sp³-hybridized carbons (Fsp3) is 0.455. The van der Waals surface area contributed by atoms with Crippen LogP contribution in [-0.4, -0.2) is 6.61 Å². The molecule has 0 saturated carbocycles. The molecule has 3 rings (SSSR count). The van der Waals surface area contributed by atoms with Crippen LogP contribution in [0, 0.1) is 0 Å². The number of hydrogen-bond acceptors (Lipinski definition) is 1. The molecule has 2 aliphatic rings. The summed E-state index contributed by atoms with van der Waals surface area (Å²) in [6, 6.07) is 8.70. The zero-order valence-electron chi connectivity index (χ0n) is 7.05. The van der Waals surface area contributed by atoms with E-state index in [1.54, 1.807) is 0 Å². The van der Waals surface area contributed by atoms with Crippen LogP contribution in [0.5, 0.6) is 0 Å². The lowest BCUT2D eigenvalue weighted by Crippen LogP contribution is -2.16. The minimum absolute atomic E-state index is 0.162. The molecule has 1 heteroatoms. The number of rotatable bonds is 0. The molecule has 0 bridgehead atoms. The second kappa shape index (κ2) is 2.11. The van der Waals surface area contributed by atoms with Crippen molar-refractivity contribution in [1.82, 2.24) is 0 Å². The molecule has 0 aromatic heterocycles. The smallest absolute Gasteiger partial charge is 0.117 e. The fourth-order valence-corrected chi connectivity index (χ4v) is 2.27. The van der Waals surface area contributed by atoms with Gasteiger partial charge in [0.05, 0.1) is 6.61 Å². The summed E-state index contributed by atoms with van der Waals surface area (Å²) in [7, 11) is 0. The first kappa shape index (κ1) is 6.67. The number of aryl methyl sites for hydroxylation is 1. The third kappa shape index (κ3) is 0.774. The molecule has 0 radical (unpaired) electrons. The molecular weight excluding hydrogens is 148 g/mol. The molecule has 1 spiro atoms. The summed E-state index contributed by atoms with van der Waals surface area (Å²) < 4.78 is 5.56. The van der Waals surface area contributed by atoms with E-state index in [2.05, 4.69) is 24.3 Å². The van der Waals surface area contributed by atoms with Gasteiger partial charge >= 0.3 is 0 Å². The third-order valence-electron chi connectivity index (χ3n) is 3.03. The van der Waals surface area contributed by atoms with Crippen molar-refractivity contribution in [1.29, 1.82) is 0 Å². The zero-order valence-corrected chi connectivity index (χ0v) is 7.05. The first-order valence-corrected chi connectivity index (χ1v) is 4.63. The molecule has 1 unspecified atom stereocenters. The van der Waals surface area contributed by atoms with Crippen molar-refractivity contribution < 1.29 is 4.74 Å². The molecule has 1 nitrogen and oxygen atoms in total. The van der Waals surface area contributed by atoms with Crippen LogP contribution in [0.15, 0.2) is 24.3 Å². The van der Waals surface area contributed by atoms with Crippen LogP contribution in [0.4, 0.5) is 0 Å². The van der Waals surface area contributed by atoms with Crippen molar-refractivity contribution in [2.75, 3.05) is 6.61 Å². The van der Waals surface area contributed by atoms with Gasteiger partial charge in [0.15, 0.2) is 0 Å². The predicted molar refractivity (Wildman–Crippen MR) is 47.0 cm³/mol. The average Bonchev–Trinajstić information content (AvgIpc) is 2.87. The lowest BCUT2D eigenvalue weighted by molar-refractivity contribution is 0.277. The molecular formula is C11H12O. The van der Waals surface area contributed by atoms with Gasteiger partial charge in [0, 0.05) is 0 Å². The summed E-state index contributed by atoms with van der Waals surface area (Å²) in [6.07, 6.45) is 3.75. The van der Waals surface area contributed by atoms with Gasteiger partial charge in [-0.1, -0.05) is 24.3 Å². The second-order valence-electron chi connectivity index (χ2n) is 3.79. The van der Waals surface area contributed by atoms with Gasteiger partial charge in [-0.25, -0.2) is 0 Å². The molecule has 1 fully saturated rings. The molecule has 1 aliphatic heterocycles. The van der Waals surface area contributed by atoms with Gasteiger partial charge in [0.1, 0.15) is 5.60 Å². The Morgan fingerprint density at radius 1 is 1.25 bits per heavy atom. The minimum Gasteiger partial charge on any atom is -0.364 e. The average molecular weight is 160 g/mol. The number of hydrogen-bond donors (Lipinski definition) is 0. The minimum atomic E-state index is 0.162. The molecule has 1 atom stereocenters. The van der Waals surface area contributed by atoms with Gasteiger partial charge < -0.3 is 4.74 Å². The first-order chi connectivity index (χ1) is 5.91. The Bertz CT molecular complexity index is 313. The molecule has 62 valence electrons. The van der Waals surface area contributed by atoms with Crippen molar-refractivity contribution in [2.45, 2.75) is 24.9 Å². The molecule has 1 aromatic rings. The lowest BCUT2D eigenvalue weighted by Gasteiger charge is -2.21. The molecule has 0 amide bonds. The highest BCUT2D eigenvalue weighted by Crippen LogP contribution is 2.47. The highest BCUT2D eigenvalue weighted by molar-refractivity contribution is 5.37. The summed E-state index contributed by atoms with van der Waals surface area (Å²) in [4.78, 5) is 0. The van der Waals surface area contributed by atoms with Crippen LogP contribution in [0.2, 0.25) is 0 Å². The first-order valence-electron chi connectivity index (χ1n) is 4.63. The van der Waals surface area contributed by atoms with E-state index in [-0.39, 0.29) is 5.60 Å². The second-order valence-corrected chi connectivity index (χ2v) is 3.79. The predicted octanol–water partition coefficient (Wildman–Crippen LogP) is 2.25. The van der Waals surface area contributed by atoms with Crippen LogP contribution in [0.25, 0.3) is 0 Å². The third-order valence-corrected chi connectivity index (χ3v) is 3.03. The molecule has 1 saturated heterocycles. The zero-order chi connectivity index (χ0) is 8.02. The van der Waals surface area contributed by atoms with Crippen LogP contribution in [-0.2, 0) is 16.8 Å². The van der Waals surface area contributed by atoms with E-state index >= 15 is 0 Å². The SMILES string of the molecule is c1ccc2c(c1)CCCC21CO1. The quantitative estimate of drug-likeness (QED) is 0.530.